The Bertz CT molecular complexity index is 820. The van der Waals surface area contributed by atoms with Crippen molar-refractivity contribution in [1.82, 2.24) is 10.2 Å². The molecule has 1 aliphatic carbocycles. The third kappa shape index (κ3) is 2.18. The first kappa shape index (κ1) is 14.5. The van der Waals surface area contributed by atoms with Gasteiger partial charge in [0.2, 0.25) is 0 Å². The van der Waals surface area contributed by atoms with Gasteiger partial charge in [-0.15, -0.1) is 0 Å². The van der Waals surface area contributed by atoms with Crippen LogP contribution in [0.2, 0.25) is 0 Å². The summed E-state index contributed by atoms with van der Waals surface area (Å²) in [5.74, 6) is -0.146. The summed E-state index contributed by atoms with van der Waals surface area (Å²) < 4.78 is 0.933. The van der Waals surface area contributed by atoms with Gasteiger partial charge in [-0.25, -0.2) is 4.79 Å². The number of halogens is 1. The van der Waals surface area contributed by atoms with E-state index >= 15 is 0 Å². The quantitative estimate of drug-likeness (QED) is 0.824. The van der Waals surface area contributed by atoms with Crippen molar-refractivity contribution < 1.29 is 9.59 Å². The number of rotatable bonds is 2. The normalized spacial score (nSPS) is 22.6. The fourth-order valence-electron chi connectivity index (χ4n) is 3.55. The van der Waals surface area contributed by atoms with E-state index in [0.29, 0.717) is 6.42 Å². The summed E-state index contributed by atoms with van der Waals surface area (Å²) in [5, 5.41) is 2.95. The predicted octanol–water partition coefficient (Wildman–Crippen LogP) is 3.34. The molecule has 0 aromatic heterocycles. The van der Waals surface area contributed by atoms with Crippen molar-refractivity contribution in [2.75, 3.05) is 0 Å². The minimum absolute atomic E-state index is 0.146. The Labute approximate surface area is 142 Å². The van der Waals surface area contributed by atoms with Crippen LogP contribution in [0.5, 0.6) is 0 Å². The lowest BCUT2D eigenvalue weighted by Gasteiger charge is -2.22. The fourth-order valence-corrected chi connectivity index (χ4v) is 4.00. The number of carbonyl (C=O) groups excluding carboxylic acids is 2. The summed E-state index contributed by atoms with van der Waals surface area (Å²) in [6, 6.07) is 15.2. The van der Waals surface area contributed by atoms with Gasteiger partial charge >= 0.3 is 6.03 Å². The van der Waals surface area contributed by atoms with Crippen molar-refractivity contribution in [2.45, 2.75) is 24.9 Å². The van der Waals surface area contributed by atoms with Gasteiger partial charge in [0, 0.05) is 4.47 Å². The van der Waals surface area contributed by atoms with Crippen LogP contribution in [0.1, 0.15) is 23.1 Å². The first-order valence-electron chi connectivity index (χ1n) is 7.57. The Kier molecular flexibility index (Phi) is 3.27. The number of hydrogen-bond donors (Lipinski definition) is 1. The topological polar surface area (TPSA) is 49.4 Å². The van der Waals surface area contributed by atoms with Gasteiger partial charge in [0.1, 0.15) is 5.54 Å². The number of benzene rings is 2. The molecule has 4 nitrogen and oxygen atoms in total. The van der Waals surface area contributed by atoms with Crippen LogP contribution in [-0.2, 0) is 23.3 Å². The first-order chi connectivity index (χ1) is 11.1. The van der Waals surface area contributed by atoms with Gasteiger partial charge in [0.05, 0.1) is 6.54 Å². The maximum absolute atomic E-state index is 13.0. The molecule has 2 aromatic rings. The molecule has 1 unspecified atom stereocenters. The number of nitrogens with one attached hydrogen (secondary N) is 1. The number of hydrogen-bond acceptors (Lipinski definition) is 2. The van der Waals surface area contributed by atoms with Gasteiger partial charge in [-0.1, -0.05) is 52.3 Å². The van der Waals surface area contributed by atoms with Gasteiger partial charge in [-0.05, 0) is 41.7 Å². The van der Waals surface area contributed by atoms with Gasteiger partial charge in [-0.2, -0.15) is 0 Å². The molecule has 1 saturated heterocycles. The smallest absolute Gasteiger partial charge is 0.319 e. The lowest BCUT2D eigenvalue weighted by molar-refractivity contribution is -0.132. The van der Waals surface area contributed by atoms with E-state index in [1.807, 2.05) is 48.5 Å². The Morgan fingerprint density at radius 1 is 1.13 bits per heavy atom. The lowest BCUT2D eigenvalue weighted by atomic mass is 9.92. The number of imide groups is 1. The molecule has 0 radical (unpaired) electrons. The van der Waals surface area contributed by atoms with Crippen LogP contribution in [0.15, 0.2) is 53.0 Å². The van der Waals surface area contributed by atoms with Gasteiger partial charge in [0.15, 0.2) is 0 Å². The molecule has 2 aliphatic rings. The highest BCUT2D eigenvalue weighted by Crippen LogP contribution is 2.41. The average Bonchev–Trinajstić information content (AvgIpc) is 3.02. The summed E-state index contributed by atoms with van der Waals surface area (Å²) in [6.45, 7) is 0.286. The first-order valence-corrected chi connectivity index (χ1v) is 8.36. The van der Waals surface area contributed by atoms with Crippen molar-refractivity contribution in [3.8, 4) is 0 Å². The van der Waals surface area contributed by atoms with Crippen LogP contribution >= 0.6 is 15.9 Å². The number of urea groups is 1. The van der Waals surface area contributed by atoms with Gasteiger partial charge < -0.3 is 5.32 Å². The number of aryl methyl sites for hydroxylation is 1. The Morgan fingerprint density at radius 2 is 1.96 bits per heavy atom. The molecule has 4 rings (SSSR count). The van der Waals surface area contributed by atoms with Crippen molar-refractivity contribution in [3.05, 3.63) is 69.7 Å². The minimum atomic E-state index is -0.875. The monoisotopic (exact) mass is 370 g/mol. The van der Waals surface area contributed by atoms with E-state index in [-0.39, 0.29) is 18.5 Å². The third-order valence-corrected chi connectivity index (χ3v) is 5.15. The zero-order valence-electron chi connectivity index (χ0n) is 12.4. The van der Waals surface area contributed by atoms with Crippen molar-refractivity contribution in [1.29, 1.82) is 0 Å². The molecule has 2 aromatic carbocycles. The standard InChI is InChI=1S/C18H15BrN2O2/c19-14-6-3-4-12(10-14)11-21-16(22)18(20-17(21)23)9-8-13-5-1-2-7-15(13)18/h1-7,10H,8-9,11H2,(H,20,23). The van der Waals surface area contributed by atoms with Crippen LogP contribution in [0, 0.1) is 0 Å². The molecule has 116 valence electrons. The second-order valence-corrected chi connectivity index (χ2v) is 6.93. The summed E-state index contributed by atoms with van der Waals surface area (Å²) in [5.41, 5.74) is 2.13. The lowest BCUT2D eigenvalue weighted by Crippen LogP contribution is -2.41. The number of fused-ring (bicyclic) bond motifs is 2. The van der Waals surface area contributed by atoms with Crippen LogP contribution in [-0.4, -0.2) is 16.8 Å². The molecule has 1 fully saturated rings. The molecule has 3 amide bonds. The third-order valence-electron chi connectivity index (χ3n) is 4.65. The van der Waals surface area contributed by atoms with E-state index in [0.717, 1.165) is 27.6 Å². The van der Waals surface area contributed by atoms with E-state index in [1.165, 1.54) is 4.90 Å². The number of nitrogens with zero attached hydrogens (tertiary/aromatic N) is 1. The number of amides is 3. The van der Waals surface area contributed by atoms with Crippen molar-refractivity contribution in [2.24, 2.45) is 0 Å². The Hall–Kier alpha value is -2.14. The van der Waals surface area contributed by atoms with Gasteiger partial charge in [-0.3, -0.25) is 9.69 Å². The summed E-state index contributed by atoms with van der Waals surface area (Å²) in [7, 11) is 0. The van der Waals surface area contributed by atoms with E-state index in [1.54, 1.807) is 0 Å². The summed E-state index contributed by atoms with van der Waals surface area (Å²) in [4.78, 5) is 26.8. The molecule has 0 saturated carbocycles. The summed E-state index contributed by atoms with van der Waals surface area (Å²) in [6.07, 6.45) is 1.44. The molecule has 5 heteroatoms. The Balaban J connectivity index is 1.68. The highest BCUT2D eigenvalue weighted by molar-refractivity contribution is 9.10. The van der Waals surface area contributed by atoms with Crippen LogP contribution < -0.4 is 5.32 Å². The summed E-state index contributed by atoms with van der Waals surface area (Å²) >= 11 is 3.42. The molecule has 1 heterocycles. The predicted molar refractivity (Wildman–Crippen MR) is 89.7 cm³/mol. The van der Waals surface area contributed by atoms with Crippen LogP contribution in [0.4, 0.5) is 4.79 Å². The van der Waals surface area contributed by atoms with E-state index in [2.05, 4.69) is 21.2 Å². The molecule has 1 spiro atoms. The van der Waals surface area contributed by atoms with Crippen molar-refractivity contribution >= 4 is 27.9 Å². The van der Waals surface area contributed by atoms with E-state index < -0.39 is 5.54 Å². The minimum Gasteiger partial charge on any atom is -0.319 e. The number of carbonyl (C=O) groups is 2. The maximum atomic E-state index is 13.0. The Morgan fingerprint density at radius 3 is 2.78 bits per heavy atom. The zero-order chi connectivity index (χ0) is 16.0. The van der Waals surface area contributed by atoms with Crippen LogP contribution in [0.3, 0.4) is 0 Å². The van der Waals surface area contributed by atoms with Crippen LogP contribution in [0.25, 0.3) is 0 Å². The highest BCUT2D eigenvalue weighted by Gasteiger charge is 2.55. The highest BCUT2D eigenvalue weighted by atomic mass is 79.9. The largest absolute Gasteiger partial charge is 0.325 e. The fraction of sp³-hybridized carbons (Fsp3) is 0.222. The molecule has 0 bridgehead atoms. The maximum Gasteiger partial charge on any atom is 0.325 e. The zero-order valence-corrected chi connectivity index (χ0v) is 14.0. The molecule has 23 heavy (non-hydrogen) atoms. The van der Waals surface area contributed by atoms with Gasteiger partial charge in [0.25, 0.3) is 5.91 Å². The van der Waals surface area contributed by atoms with E-state index in [9.17, 15) is 9.59 Å². The van der Waals surface area contributed by atoms with Crippen molar-refractivity contribution in [3.63, 3.8) is 0 Å². The molecule has 1 N–H and O–H groups in total. The molecule has 1 atom stereocenters. The second kappa shape index (κ2) is 5.20. The molecular formula is C18H15BrN2O2. The second-order valence-electron chi connectivity index (χ2n) is 6.01. The molecular weight excluding hydrogens is 356 g/mol. The SMILES string of the molecule is O=C1NC2(CCc3ccccc32)C(=O)N1Cc1cccc(Br)c1. The van der Waals surface area contributed by atoms with E-state index in [4.69, 9.17) is 0 Å². The average molecular weight is 371 g/mol. The molecule has 1 aliphatic heterocycles.